The molecule has 0 fully saturated rings. The Hall–Kier alpha value is -3.14. The van der Waals surface area contributed by atoms with E-state index in [1.165, 1.54) is 0 Å². The minimum Gasteiger partial charge on any atom is -0.379 e. The van der Waals surface area contributed by atoms with Crippen molar-refractivity contribution in [2.75, 3.05) is 10.2 Å². The lowest BCUT2D eigenvalue weighted by Crippen LogP contribution is -2.31. The molecule has 0 aliphatic heterocycles. The average Bonchev–Trinajstić information content (AvgIpc) is 2.66. The van der Waals surface area contributed by atoms with Crippen molar-refractivity contribution in [1.29, 1.82) is 0 Å². The molecule has 138 valence electrons. The van der Waals surface area contributed by atoms with E-state index < -0.39 is 0 Å². The number of hydrogen-bond acceptors (Lipinski definition) is 3. The van der Waals surface area contributed by atoms with Gasteiger partial charge in [0.15, 0.2) is 0 Å². The van der Waals surface area contributed by atoms with Crippen molar-refractivity contribution in [2.24, 2.45) is 0 Å². The maximum atomic E-state index is 13.3. The van der Waals surface area contributed by atoms with Crippen LogP contribution in [-0.4, -0.2) is 16.4 Å². The van der Waals surface area contributed by atoms with Gasteiger partial charge in [-0.3, -0.25) is 9.78 Å². The third-order valence-corrected chi connectivity index (χ3v) is 4.00. The number of hydrogen-bond donors (Lipinski definition) is 1. The first kappa shape index (κ1) is 18.6. The quantitative estimate of drug-likeness (QED) is 0.686. The monoisotopic (exact) mass is 359 g/mol. The number of aromatic nitrogens is 1. The Balaban J connectivity index is 1.92. The minimum absolute atomic E-state index is 0.0740. The fourth-order valence-corrected chi connectivity index (χ4v) is 2.87. The van der Waals surface area contributed by atoms with E-state index in [9.17, 15) is 4.79 Å². The Morgan fingerprint density at radius 3 is 2.22 bits per heavy atom. The van der Waals surface area contributed by atoms with Crippen LogP contribution in [0.25, 0.3) is 0 Å². The van der Waals surface area contributed by atoms with Crippen LogP contribution in [-0.2, 0) is 6.54 Å². The zero-order valence-corrected chi connectivity index (χ0v) is 16.0. The molecular weight excluding hydrogens is 334 g/mol. The lowest BCUT2D eigenvalue weighted by Gasteiger charge is -2.25. The van der Waals surface area contributed by atoms with E-state index in [0.29, 0.717) is 12.1 Å². The zero-order chi connectivity index (χ0) is 19.3. The number of nitrogens with zero attached hydrogens (tertiary/aromatic N) is 2. The van der Waals surface area contributed by atoms with Crippen molar-refractivity contribution < 1.29 is 4.79 Å². The fourth-order valence-electron chi connectivity index (χ4n) is 2.87. The van der Waals surface area contributed by atoms with E-state index in [0.717, 1.165) is 16.9 Å². The number of pyridine rings is 1. The summed E-state index contributed by atoms with van der Waals surface area (Å²) in [6, 6.07) is 21.6. The summed E-state index contributed by atoms with van der Waals surface area (Å²) in [4.78, 5) is 19.4. The number of carbonyl (C=O) groups is 1. The molecule has 2 aromatic carbocycles. The van der Waals surface area contributed by atoms with Crippen molar-refractivity contribution >= 4 is 17.3 Å². The molecule has 1 amide bonds. The maximum Gasteiger partial charge on any atom is 0.260 e. The number of anilines is 2. The highest BCUT2D eigenvalue weighted by atomic mass is 16.2. The summed E-state index contributed by atoms with van der Waals surface area (Å²) in [5, 5.41) is 3.37. The van der Waals surface area contributed by atoms with Crippen molar-refractivity contribution in [2.45, 2.75) is 32.9 Å². The number of benzene rings is 2. The summed E-state index contributed by atoms with van der Waals surface area (Å²) in [5.74, 6) is -0.0740. The first-order valence-electron chi connectivity index (χ1n) is 9.06. The number of rotatable bonds is 5. The first-order valence-corrected chi connectivity index (χ1v) is 9.06. The Kier molecular flexibility index (Phi) is 5.55. The molecule has 1 N–H and O–H groups in total. The number of carbonyl (C=O) groups excluding carboxylic acids is 1. The van der Waals surface area contributed by atoms with E-state index in [1.54, 1.807) is 17.3 Å². The molecule has 0 saturated carbocycles. The van der Waals surface area contributed by atoms with Gasteiger partial charge in [0.2, 0.25) is 0 Å². The van der Waals surface area contributed by atoms with Crippen molar-refractivity contribution in [1.82, 2.24) is 4.98 Å². The summed E-state index contributed by atoms with van der Waals surface area (Å²) >= 11 is 0. The molecule has 0 aliphatic carbocycles. The molecule has 1 aromatic heterocycles. The molecule has 0 saturated heterocycles. The van der Waals surface area contributed by atoms with Gasteiger partial charge in [0.05, 0.1) is 17.8 Å². The van der Waals surface area contributed by atoms with Crippen LogP contribution < -0.4 is 10.2 Å². The van der Waals surface area contributed by atoms with Gasteiger partial charge in [-0.05, 0) is 44.5 Å². The second kappa shape index (κ2) is 8.04. The largest absolute Gasteiger partial charge is 0.379 e. The summed E-state index contributed by atoms with van der Waals surface area (Å²) in [7, 11) is 0. The maximum absolute atomic E-state index is 13.3. The van der Waals surface area contributed by atoms with Crippen molar-refractivity contribution in [3.63, 3.8) is 0 Å². The molecule has 4 heteroatoms. The van der Waals surface area contributed by atoms with E-state index in [1.807, 2.05) is 66.7 Å². The van der Waals surface area contributed by atoms with Gasteiger partial charge < -0.3 is 10.2 Å². The third-order valence-electron chi connectivity index (χ3n) is 4.00. The highest BCUT2D eigenvalue weighted by Gasteiger charge is 2.19. The third kappa shape index (κ3) is 5.17. The lowest BCUT2D eigenvalue weighted by molar-refractivity contribution is 0.0985. The SMILES string of the molecule is CC(C)(C)Nc1cncc(C(=O)N(Cc2ccccc2)c2ccccc2)c1. The highest BCUT2D eigenvalue weighted by Crippen LogP contribution is 2.22. The summed E-state index contributed by atoms with van der Waals surface area (Å²) in [6.45, 7) is 6.73. The molecule has 0 bridgehead atoms. The molecule has 27 heavy (non-hydrogen) atoms. The van der Waals surface area contributed by atoms with E-state index in [2.05, 4.69) is 31.1 Å². The topological polar surface area (TPSA) is 45.2 Å². The van der Waals surface area contributed by atoms with Gasteiger partial charge in [-0.25, -0.2) is 0 Å². The van der Waals surface area contributed by atoms with E-state index >= 15 is 0 Å². The zero-order valence-electron chi connectivity index (χ0n) is 16.0. The second-order valence-electron chi connectivity index (χ2n) is 7.55. The molecule has 3 rings (SSSR count). The molecular formula is C23H25N3O. The normalized spacial score (nSPS) is 11.1. The van der Waals surface area contributed by atoms with Crippen LogP contribution in [0.3, 0.4) is 0 Å². The molecule has 0 atom stereocenters. The van der Waals surface area contributed by atoms with Crippen LogP contribution >= 0.6 is 0 Å². The number of para-hydroxylation sites is 1. The van der Waals surface area contributed by atoms with Gasteiger partial charge in [-0.2, -0.15) is 0 Å². The molecule has 0 spiro atoms. The standard InChI is InChI=1S/C23H25N3O/c1-23(2,3)25-20-14-19(15-24-16-20)22(27)26(21-12-8-5-9-13-21)17-18-10-6-4-7-11-18/h4-16,25H,17H2,1-3H3. The van der Waals surface area contributed by atoms with Gasteiger partial charge in [-0.1, -0.05) is 48.5 Å². The summed E-state index contributed by atoms with van der Waals surface area (Å²) in [5.41, 5.74) is 3.23. The predicted molar refractivity (Wildman–Crippen MR) is 111 cm³/mol. The van der Waals surface area contributed by atoms with Gasteiger partial charge in [0.1, 0.15) is 0 Å². The molecule has 3 aromatic rings. The molecule has 0 radical (unpaired) electrons. The molecule has 0 aliphatic rings. The Labute approximate surface area is 160 Å². The predicted octanol–water partition coefficient (Wildman–Crippen LogP) is 5.14. The lowest BCUT2D eigenvalue weighted by atomic mass is 10.1. The minimum atomic E-state index is -0.105. The van der Waals surface area contributed by atoms with Crippen molar-refractivity contribution in [3.8, 4) is 0 Å². The fraction of sp³-hybridized carbons (Fsp3) is 0.217. The van der Waals surface area contributed by atoms with Crippen LogP contribution in [0.4, 0.5) is 11.4 Å². The van der Waals surface area contributed by atoms with Gasteiger partial charge >= 0.3 is 0 Å². The Morgan fingerprint density at radius 1 is 0.963 bits per heavy atom. The Bertz CT molecular complexity index is 886. The molecule has 4 nitrogen and oxygen atoms in total. The highest BCUT2D eigenvalue weighted by molar-refractivity contribution is 6.06. The number of nitrogens with one attached hydrogen (secondary N) is 1. The van der Waals surface area contributed by atoms with Crippen LogP contribution in [0.15, 0.2) is 79.1 Å². The van der Waals surface area contributed by atoms with Crippen molar-refractivity contribution in [3.05, 3.63) is 90.3 Å². The van der Waals surface area contributed by atoms with Gasteiger partial charge in [0.25, 0.3) is 5.91 Å². The smallest absolute Gasteiger partial charge is 0.260 e. The summed E-state index contributed by atoms with van der Waals surface area (Å²) < 4.78 is 0. The number of amides is 1. The molecule has 1 heterocycles. The van der Waals surface area contributed by atoms with Crippen LogP contribution in [0, 0.1) is 0 Å². The summed E-state index contributed by atoms with van der Waals surface area (Å²) in [6.07, 6.45) is 3.36. The first-order chi connectivity index (χ1) is 12.9. The average molecular weight is 359 g/mol. The van der Waals surface area contributed by atoms with Crippen LogP contribution in [0.5, 0.6) is 0 Å². The van der Waals surface area contributed by atoms with E-state index in [4.69, 9.17) is 0 Å². The second-order valence-corrected chi connectivity index (χ2v) is 7.55. The van der Waals surface area contributed by atoms with Gasteiger partial charge in [-0.15, -0.1) is 0 Å². The van der Waals surface area contributed by atoms with Crippen LogP contribution in [0.2, 0.25) is 0 Å². The van der Waals surface area contributed by atoms with Crippen LogP contribution in [0.1, 0.15) is 36.7 Å². The van der Waals surface area contributed by atoms with Gasteiger partial charge in [0, 0.05) is 23.6 Å². The Morgan fingerprint density at radius 2 is 1.59 bits per heavy atom. The van der Waals surface area contributed by atoms with E-state index in [-0.39, 0.29) is 11.4 Å². The molecule has 0 unspecified atom stereocenters.